The second-order valence-electron chi connectivity index (χ2n) is 2.95. The maximum atomic E-state index is 10.6. The zero-order chi connectivity index (χ0) is 11.4. The number of esters is 1. The molecule has 84 valence electrons. The molecular formula is C11H17NO3. The van der Waals surface area contributed by atoms with E-state index in [2.05, 4.69) is 6.58 Å². The van der Waals surface area contributed by atoms with Gasteiger partial charge in [0.25, 0.3) is 0 Å². The van der Waals surface area contributed by atoms with Crippen molar-refractivity contribution >= 4 is 5.97 Å². The minimum absolute atomic E-state index is 0.375. The minimum atomic E-state index is -0.375. The van der Waals surface area contributed by atoms with Gasteiger partial charge in [0.15, 0.2) is 0 Å². The van der Waals surface area contributed by atoms with E-state index >= 15 is 0 Å². The van der Waals surface area contributed by atoms with E-state index in [9.17, 15) is 4.79 Å². The van der Waals surface area contributed by atoms with Crippen molar-refractivity contribution in [3.05, 3.63) is 12.7 Å². The molecule has 0 aliphatic heterocycles. The third-order valence-electron chi connectivity index (χ3n) is 1.70. The van der Waals surface area contributed by atoms with Crippen LogP contribution in [-0.2, 0) is 14.3 Å². The van der Waals surface area contributed by atoms with Crippen molar-refractivity contribution in [1.82, 2.24) is 0 Å². The fraction of sp³-hybridized carbons (Fsp3) is 0.636. The topological polar surface area (TPSA) is 59.3 Å². The molecule has 0 heterocycles. The fourth-order valence-electron chi connectivity index (χ4n) is 0.935. The van der Waals surface area contributed by atoms with Crippen LogP contribution in [0.3, 0.4) is 0 Å². The number of nitriles is 1. The summed E-state index contributed by atoms with van der Waals surface area (Å²) < 4.78 is 9.97. The van der Waals surface area contributed by atoms with Gasteiger partial charge in [-0.25, -0.2) is 4.79 Å². The molecule has 15 heavy (non-hydrogen) atoms. The lowest BCUT2D eigenvalue weighted by atomic mass is 10.2. The van der Waals surface area contributed by atoms with Crippen molar-refractivity contribution in [2.24, 2.45) is 0 Å². The Morgan fingerprint density at radius 3 is 2.67 bits per heavy atom. The molecule has 0 unspecified atom stereocenters. The van der Waals surface area contributed by atoms with Crippen LogP contribution in [0.15, 0.2) is 12.7 Å². The molecule has 0 amide bonds. The van der Waals surface area contributed by atoms with Crippen LogP contribution < -0.4 is 0 Å². The van der Waals surface area contributed by atoms with E-state index in [1.807, 2.05) is 6.07 Å². The Bertz CT molecular complexity index is 220. The van der Waals surface area contributed by atoms with E-state index in [4.69, 9.17) is 14.7 Å². The third-order valence-corrected chi connectivity index (χ3v) is 1.70. The SMILES string of the molecule is C=CC(=O)OCCCCCOCCC#N. The van der Waals surface area contributed by atoms with Gasteiger partial charge in [-0.2, -0.15) is 5.26 Å². The average Bonchev–Trinajstić information content (AvgIpc) is 2.26. The average molecular weight is 211 g/mol. The normalized spacial score (nSPS) is 9.27. The van der Waals surface area contributed by atoms with Crippen LogP contribution in [0, 0.1) is 11.3 Å². The van der Waals surface area contributed by atoms with E-state index in [1.165, 1.54) is 0 Å². The summed E-state index contributed by atoms with van der Waals surface area (Å²) in [5.41, 5.74) is 0. The van der Waals surface area contributed by atoms with E-state index in [-0.39, 0.29) is 5.97 Å². The molecule has 4 heteroatoms. The lowest BCUT2D eigenvalue weighted by molar-refractivity contribution is -0.137. The van der Waals surface area contributed by atoms with Crippen molar-refractivity contribution in [2.75, 3.05) is 19.8 Å². The van der Waals surface area contributed by atoms with Crippen molar-refractivity contribution in [3.63, 3.8) is 0 Å². The largest absolute Gasteiger partial charge is 0.463 e. The first-order valence-corrected chi connectivity index (χ1v) is 5.05. The van der Waals surface area contributed by atoms with Crippen molar-refractivity contribution in [1.29, 1.82) is 5.26 Å². The van der Waals surface area contributed by atoms with Gasteiger partial charge in [-0.05, 0) is 19.3 Å². The number of carbonyl (C=O) groups is 1. The maximum Gasteiger partial charge on any atom is 0.330 e. The molecule has 0 bridgehead atoms. The molecule has 0 saturated carbocycles. The van der Waals surface area contributed by atoms with Crippen LogP contribution in [0.1, 0.15) is 25.7 Å². The summed E-state index contributed by atoms with van der Waals surface area (Å²) in [6.07, 6.45) is 4.32. The van der Waals surface area contributed by atoms with Gasteiger partial charge in [0.2, 0.25) is 0 Å². The van der Waals surface area contributed by atoms with Crippen LogP contribution in [0.5, 0.6) is 0 Å². The van der Waals surface area contributed by atoms with Crippen LogP contribution >= 0.6 is 0 Å². The van der Waals surface area contributed by atoms with E-state index in [1.54, 1.807) is 0 Å². The van der Waals surface area contributed by atoms with Gasteiger partial charge in [-0.1, -0.05) is 6.58 Å². The molecule has 0 fully saturated rings. The number of hydrogen-bond donors (Lipinski definition) is 0. The van der Waals surface area contributed by atoms with Gasteiger partial charge >= 0.3 is 5.97 Å². The first-order valence-electron chi connectivity index (χ1n) is 5.05. The Balaban J connectivity index is 3.02. The third kappa shape index (κ3) is 10.6. The Hall–Kier alpha value is -1.34. The van der Waals surface area contributed by atoms with Crippen LogP contribution in [0.2, 0.25) is 0 Å². The highest BCUT2D eigenvalue weighted by molar-refractivity contribution is 5.81. The van der Waals surface area contributed by atoms with Gasteiger partial charge in [0.1, 0.15) is 0 Å². The Labute approximate surface area is 90.5 Å². The maximum absolute atomic E-state index is 10.6. The molecule has 0 saturated heterocycles. The second kappa shape index (κ2) is 10.7. The molecule has 0 radical (unpaired) electrons. The molecule has 0 rings (SSSR count). The van der Waals surface area contributed by atoms with Gasteiger partial charge in [-0.3, -0.25) is 0 Å². The van der Waals surface area contributed by atoms with Crippen LogP contribution in [0.25, 0.3) is 0 Å². The van der Waals surface area contributed by atoms with Crippen LogP contribution in [-0.4, -0.2) is 25.8 Å². The molecule has 0 atom stereocenters. The highest BCUT2D eigenvalue weighted by Crippen LogP contribution is 1.97. The lowest BCUT2D eigenvalue weighted by Crippen LogP contribution is -2.02. The molecular weight excluding hydrogens is 194 g/mol. The second-order valence-corrected chi connectivity index (χ2v) is 2.95. The summed E-state index contributed by atoms with van der Waals surface area (Å²) in [6.45, 7) is 4.90. The summed E-state index contributed by atoms with van der Waals surface area (Å²) in [4.78, 5) is 10.6. The Morgan fingerprint density at radius 1 is 1.27 bits per heavy atom. The first-order chi connectivity index (χ1) is 7.31. The van der Waals surface area contributed by atoms with E-state index < -0.39 is 0 Å². The molecule has 0 N–H and O–H groups in total. The standard InChI is InChI=1S/C11H17NO3/c1-2-11(13)15-10-5-3-4-8-14-9-6-7-12/h2H,1,3-6,8-10H2. The fourth-order valence-corrected chi connectivity index (χ4v) is 0.935. The molecule has 0 spiro atoms. The molecule has 0 aromatic carbocycles. The van der Waals surface area contributed by atoms with E-state index in [0.29, 0.717) is 26.2 Å². The van der Waals surface area contributed by atoms with Gasteiger partial charge in [-0.15, -0.1) is 0 Å². The monoisotopic (exact) mass is 211 g/mol. The highest BCUT2D eigenvalue weighted by Gasteiger charge is 1.95. The number of hydrogen-bond acceptors (Lipinski definition) is 4. The Kier molecular flexibility index (Phi) is 9.78. The summed E-state index contributed by atoms with van der Waals surface area (Å²) in [5, 5.41) is 8.23. The van der Waals surface area contributed by atoms with Gasteiger partial charge in [0, 0.05) is 12.7 Å². The number of nitrogens with zero attached hydrogens (tertiary/aromatic N) is 1. The van der Waals surface area contributed by atoms with Gasteiger partial charge < -0.3 is 9.47 Å². The summed E-state index contributed by atoms with van der Waals surface area (Å²) >= 11 is 0. The van der Waals surface area contributed by atoms with Crippen LogP contribution in [0.4, 0.5) is 0 Å². The van der Waals surface area contributed by atoms with Gasteiger partial charge in [0.05, 0.1) is 25.7 Å². The molecule has 0 aromatic heterocycles. The quantitative estimate of drug-likeness (QED) is 0.331. The van der Waals surface area contributed by atoms with Crippen molar-refractivity contribution < 1.29 is 14.3 Å². The molecule has 0 aliphatic carbocycles. The molecule has 0 aliphatic rings. The molecule has 0 aromatic rings. The number of unbranched alkanes of at least 4 members (excludes halogenated alkanes) is 2. The smallest absolute Gasteiger partial charge is 0.330 e. The zero-order valence-corrected chi connectivity index (χ0v) is 8.91. The first kappa shape index (κ1) is 13.7. The lowest BCUT2D eigenvalue weighted by Gasteiger charge is -2.02. The minimum Gasteiger partial charge on any atom is -0.463 e. The van der Waals surface area contributed by atoms with Crippen molar-refractivity contribution in [2.45, 2.75) is 25.7 Å². The Morgan fingerprint density at radius 2 is 2.00 bits per heavy atom. The zero-order valence-electron chi connectivity index (χ0n) is 8.91. The summed E-state index contributed by atoms with van der Waals surface area (Å²) in [7, 11) is 0. The van der Waals surface area contributed by atoms with Crippen molar-refractivity contribution in [3.8, 4) is 6.07 Å². The number of ether oxygens (including phenoxy) is 2. The predicted octanol–water partition coefficient (Wildman–Crippen LogP) is 1.82. The summed E-state index contributed by atoms with van der Waals surface area (Å²) in [5.74, 6) is -0.375. The number of carbonyl (C=O) groups excluding carboxylic acids is 1. The summed E-state index contributed by atoms with van der Waals surface area (Å²) in [6, 6.07) is 2.01. The molecule has 4 nitrogen and oxygen atoms in total. The predicted molar refractivity (Wildman–Crippen MR) is 56.1 cm³/mol. The van der Waals surface area contributed by atoms with E-state index in [0.717, 1.165) is 25.3 Å². The number of rotatable bonds is 9. The highest BCUT2D eigenvalue weighted by atomic mass is 16.5.